The van der Waals surface area contributed by atoms with Crippen molar-refractivity contribution in [3.05, 3.63) is 56.7 Å². The van der Waals surface area contributed by atoms with Crippen LogP contribution in [-0.4, -0.2) is 31.8 Å². The van der Waals surface area contributed by atoms with Crippen LogP contribution in [0.4, 0.5) is 5.95 Å². The van der Waals surface area contributed by atoms with E-state index in [9.17, 15) is 9.59 Å². The summed E-state index contributed by atoms with van der Waals surface area (Å²) in [5.74, 6) is 1.48. The molecule has 3 heterocycles. The van der Waals surface area contributed by atoms with Crippen LogP contribution in [0.15, 0.2) is 39.9 Å². The number of piperidine rings is 1. The maximum Gasteiger partial charge on any atom is 0.332 e. The summed E-state index contributed by atoms with van der Waals surface area (Å²) in [6, 6.07) is 9.56. The SMILES string of the molecule is CC1CCN(c2nc3c(c(=O)n(Cc4ccccc4)c(=O)n3C)n2C)CC1. The van der Waals surface area contributed by atoms with Gasteiger partial charge in [-0.05, 0) is 24.3 Å². The van der Waals surface area contributed by atoms with Crippen LogP contribution in [0.2, 0.25) is 0 Å². The lowest BCUT2D eigenvalue weighted by Crippen LogP contribution is -2.39. The third kappa shape index (κ3) is 2.97. The van der Waals surface area contributed by atoms with Crippen molar-refractivity contribution in [1.82, 2.24) is 18.7 Å². The second-order valence-corrected chi connectivity index (χ2v) is 7.53. The molecule has 3 aromatic rings. The fourth-order valence-corrected chi connectivity index (χ4v) is 3.83. The number of imidazole rings is 1. The molecule has 0 amide bonds. The topological polar surface area (TPSA) is 65.1 Å². The highest BCUT2D eigenvalue weighted by atomic mass is 16.2. The summed E-state index contributed by atoms with van der Waals surface area (Å²) in [6.45, 7) is 4.36. The standard InChI is InChI=1S/C20H25N5O2/c1-14-9-11-24(12-10-14)19-21-17-16(22(19)2)18(26)25(20(27)23(17)3)13-15-7-5-4-6-8-15/h4-8,14H,9-13H2,1-3H3. The molecule has 0 bridgehead atoms. The number of aromatic nitrogens is 4. The Hall–Kier alpha value is -2.83. The van der Waals surface area contributed by atoms with Crippen LogP contribution in [0.1, 0.15) is 25.3 Å². The van der Waals surface area contributed by atoms with Gasteiger partial charge in [0.25, 0.3) is 5.56 Å². The molecular formula is C20H25N5O2. The quantitative estimate of drug-likeness (QED) is 0.707. The number of hydrogen-bond acceptors (Lipinski definition) is 4. The molecule has 0 saturated carbocycles. The lowest BCUT2D eigenvalue weighted by Gasteiger charge is -2.30. The van der Waals surface area contributed by atoms with Gasteiger partial charge in [-0.2, -0.15) is 4.98 Å². The molecule has 1 aliphatic heterocycles. The van der Waals surface area contributed by atoms with E-state index in [0.717, 1.165) is 37.4 Å². The van der Waals surface area contributed by atoms with Gasteiger partial charge in [0.15, 0.2) is 11.2 Å². The molecule has 1 aliphatic rings. The van der Waals surface area contributed by atoms with E-state index >= 15 is 0 Å². The van der Waals surface area contributed by atoms with Gasteiger partial charge in [-0.15, -0.1) is 0 Å². The highest BCUT2D eigenvalue weighted by Crippen LogP contribution is 2.24. The van der Waals surface area contributed by atoms with Crippen molar-refractivity contribution in [2.24, 2.45) is 20.0 Å². The van der Waals surface area contributed by atoms with Crippen LogP contribution in [-0.2, 0) is 20.6 Å². The molecule has 27 heavy (non-hydrogen) atoms. The minimum absolute atomic E-state index is 0.254. The Balaban J connectivity index is 1.85. The normalized spacial score (nSPS) is 15.6. The van der Waals surface area contributed by atoms with E-state index in [4.69, 9.17) is 0 Å². The molecule has 0 radical (unpaired) electrons. The Morgan fingerprint density at radius 1 is 1.04 bits per heavy atom. The summed E-state index contributed by atoms with van der Waals surface area (Å²) in [4.78, 5) is 32.8. The van der Waals surface area contributed by atoms with E-state index in [0.29, 0.717) is 17.1 Å². The molecule has 1 saturated heterocycles. The van der Waals surface area contributed by atoms with E-state index in [-0.39, 0.29) is 17.8 Å². The molecular weight excluding hydrogens is 342 g/mol. The van der Waals surface area contributed by atoms with Gasteiger partial charge < -0.3 is 9.47 Å². The van der Waals surface area contributed by atoms with E-state index < -0.39 is 0 Å². The zero-order valence-electron chi connectivity index (χ0n) is 16.1. The highest BCUT2D eigenvalue weighted by Gasteiger charge is 2.24. The molecule has 1 aromatic carbocycles. The van der Waals surface area contributed by atoms with Crippen LogP contribution >= 0.6 is 0 Å². The van der Waals surface area contributed by atoms with Crippen molar-refractivity contribution in [2.45, 2.75) is 26.3 Å². The van der Waals surface area contributed by atoms with E-state index in [1.165, 1.54) is 9.13 Å². The minimum Gasteiger partial charge on any atom is -0.342 e. The zero-order valence-corrected chi connectivity index (χ0v) is 16.1. The number of benzene rings is 1. The third-order valence-electron chi connectivity index (χ3n) is 5.59. The average Bonchev–Trinajstić information content (AvgIpc) is 3.02. The second-order valence-electron chi connectivity index (χ2n) is 7.53. The van der Waals surface area contributed by atoms with Gasteiger partial charge in [0.1, 0.15) is 0 Å². The Kier molecular flexibility index (Phi) is 4.37. The second kappa shape index (κ2) is 6.72. The molecule has 0 N–H and O–H groups in total. The highest BCUT2D eigenvalue weighted by molar-refractivity contribution is 5.74. The number of aryl methyl sites for hydroxylation is 2. The first-order valence-electron chi connectivity index (χ1n) is 9.42. The first-order valence-corrected chi connectivity index (χ1v) is 9.42. The monoisotopic (exact) mass is 367 g/mol. The van der Waals surface area contributed by atoms with Crippen LogP contribution in [0, 0.1) is 5.92 Å². The van der Waals surface area contributed by atoms with E-state index in [1.807, 2.05) is 41.9 Å². The molecule has 142 valence electrons. The van der Waals surface area contributed by atoms with Gasteiger partial charge in [-0.3, -0.25) is 13.9 Å². The Morgan fingerprint density at radius 2 is 1.70 bits per heavy atom. The minimum atomic E-state index is -0.340. The number of rotatable bonds is 3. The molecule has 7 nitrogen and oxygen atoms in total. The van der Waals surface area contributed by atoms with E-state index in [2.05, 4.69) is 16.8 Å². The van der Waals surface area contributed by atoms with Gasteiger partial charge >= 0.3 is 5.69 Å². The van der Waals surface area contributed by atoms with Gasteiger partial charge in [0.2, 0.25) is 5.95 Å². The van der Waals surface area contributed by atoms with Gasteiger partial charge in [0.05, 0.1) is 6.54 Å². The maximum atomic E-state index is 13.1. The van der Waals surface area contributed by atoms with Crippen molar-refractivity contribution in [3.63, 3.8) is 0 Å². The Bertz CT molecular complexity index is 1090. The summed E-state index contributed by atoms with van der Waals surface area (Å²) < 4.78 is 4.62. The van der Waals surface area contributed by atoms with Crippen molar-refractivity contribution >= 4 is 17.1 Å². The molecule has 1 fully saturated rings. The first-order chi connectivity index (χ1) is 13.0. The molecule has 0 spiro atoms. The lowest BCUT2D eigenvalue weighted by atomic mass is 10.00. The molecule has 0 unspecified atom stereocenters. The molecule has 4 rings (SSSR count). The maximum absolute atomic E-state index is 13.1. The predicted molar refractivity (Wildman–Crippen MR) is 106 cm³/mol. The molecule has 0 aliphatic carbocycles. The lowest BCUT2D eigenvalue weighted by molar-refractivity contribution is 0.433. The number of nitrogens with zero attached hydrogens (tertiary/aromatic N) is 5. The van der Waals surface area contributed by atoms with Gasteiger partial charge in [-0.1, -0.05) is 37.3 Å². The van der Waals surface area contributed by atoms with Crippen molar-refractivity contribution in [1.29, 1.82) is 0 Å². The summed E-state index contributed by atoms with van der Waals surface area (Å²) >= 11 is 0. The summed E-state index contributed by atoms with van der Waals surface area (Å²) in [5, 5.41) is 0. The largest absolute Gasteiger partial charge is 0.342 e. The zero-order chi connectivity index (χ0) is 19.1. The van der Waals surface area contributed by atoms with Crippen LogP contribution < -0.4 is 16.1 Å². The number of fused-ring (bicyclic) bond motifs is 1. The number of hydrogen-bond donors (Lipinski definition) is 0. The molecule has 0 atom stereocenters. The molecule has 7 heteroatoms. The van der Waals surface area contributed by atoms with E-state index in [1.54, 1.807) is 7.05 Å². The van der Waals surface area contributed by atoms with Gasteiger partial charge in [0, 0.05) is 27.2 Å². The van der Waals surface area contributed by atoms with Crippen molar-refractivity contribution in [3.8, 4) is 0 Å². The third-order valence-corrected chi connectivity index (χ3v) is 5.59. The van der Waals surface area contributed by atoms with Crippen LogP contribution in [0.5, 0.6) is 0 Å². The van der Waals surface area contributed by atoms with Crippen LogP contribution in [0.3, 0.4) is 0 Å². The van der Waals surface area contributed by atoms with Crippen LogP contribution in [0.25, 0.3) is 11.2 Å². The first kappa shape index (κ1) is 17.6. The summed E-state index contributed by atoms with van der Waals surface area (Å²) in [6.07, 6.45) is 2.22. The van der Waals surface area contributed by atoms with Crippen molar-refractivity contribution in [2.75, 3.05) is 18.0 Å². The molecule has 2 aromatic heterocycles. The average molecular weight is 367 g/mol. The predicted octanol–water partition coefficient (Wildman–Crippen LogP) is 1.72. The fraction of sp³-hybridized carbons (Fsp3) is 0.450. The smallest absolute Gasteiger partial charge is 0.332 e. The van der Waals surface area contributed by atoms with Gasteiger partial charge in [-0.25, -0.2) is 4.79 Å². The number of anilines is 1. The van der Waals surface area contributed by atoms with Crippen molar-refractivity contribution < 1.29 is 0 Å². The summed E-state index contributed by atoms with van der Waals surface area (Å²) in [5.41, 5.74) is 1.22. The summed E-state index contributed by atoms with van der Waals surface area (Å²) in [7, 11) is 3.54. The Labute approximate surface area is 157 Å². The fourth-order valence-electron chi connectivity index (χ4n) is 3.83. The Morgan fingerprint density at radius 3 is 2.37 bits per heavy atom.